The van der Waals surface area contributed by atoms with E-state index in [4.69, 9.17) is 17.3 Å². The summed E-state index contributed by atoms with van der Waals surface area (Å²) in [5, 5.41) is 0.563. The lowest BCUT2D eigenvalue weighted by atomic mass is 10.1. The second kappa shape index (κ2) is 7.72. The molecular weight excluding hydrogens is 326 g/mol. The molecule has 1 fully saturated rings. The summed E-state index contributed by atoms with van der Waals surface area (Å²) in [5.41, 5.74) is 5.73. The number of nitrogen functional groups attached to an aromatic ring is 1. The van der Waals surface area contributed by atoms with Gasteiger partial charge in [0.05, 0.1) is 24.0 Å². The molecule has 0 saturated carbocycles. The summed E-state index contributed by atoms with van der Waals surface area (Å²) in [6, 6.07) is 2.19. The van der Waals surface area contributed by atoms with Gasteiger partial charge >= 0.3 is 0 Å². The van der Waals surface area contributed by atoms with Crippen LogP contribution in [0.5, 0.6) is 0 Å². The predicted octanol–water partition coefficient (Wildman–Crippen LogP) is 1.99. The number of halogens is 1. The van der Waals surface area contributed by atoms with Crippen LogP contribution >= 0.6 is 11.6 Å². The molecule has 1 aliphatic heterocycles. The minimum absolute atomic E-state index is 0.479. The molecule has 8 heteroatoms. The molecular formula is C16H22ClN7. The molecule has 2 aromatic rings. The van der Waals surface area contributed by atoms with Gasteiger partial charge in [-0.15, -0.1) is 0 Å². The highest BCUT2D eigenvalue weighted by Crippen LogP contribution is 2.20. The Morgan fingerprint density at radius 2 is 2.04 bits per heavy atom. The zero-order valence-corrected chi connectivity index (χ0v) is 14.5. The fourth-order valence-electron chi connectivity index (χ4n) is 3.03. The Bertz CT molecular complexity index is 664. The third-order valence-corrected chi connectivity index (χ3v) is 4.52. The topological polar surface area (TPSA) is 84.1 Å². The Kier molecular flexibility index (Phi) is 5.42. The SMILES string of the molecule is CN(Cc1nccc(N)n1)[C@H]1CCCN(c2ncc(Cl)cn2)CC1. The van der Waals surface area contributed by atoms with E-state index < -0.39 is 0 Å². The molecule has 1 saturated heterocycles. The first-order chi connectivity index (χ1) is 11.6. The molecule has 2 N–H and O–H groups in total. The third-order valence-electron chi connectivity index (χ3n) is 4.33. The Labute approximate surface area is 146 Å². The fourth-order valence-corrected chi connectivity index (χ4v) is 3.13. The molecule has 0 spiro atoms. The van der Waals surface area contributed by atoms with Crippen molar-refractivity contribution in [1.82, 2.24) is 24.8 Å². The summed E-state index contributed by atoms with van der Waals surface area (Å²) < 4.78 is 0. The van der Waals surface area contributed by atoms with Gasteiger partial charge in [0.15, 0.2) is 0 Å². The van der Waals surface area contributed by atoms with Crippen LogP contribution in [0.4, 0.5) is 11.8 Å². The van der Waals surface area contributed by atoms with Crippen LogP contribution in [0.1, 0.15) is 25.1 Å². The lowest BCUT2D eigenvalue weighted by Gasteiger charge is -2.26. The van der Waals surface area contributed by atoms with Gasteiger partial charge in [0, 0.05) is 25.3 Å². The Morgan fingerprint density at radius 1 is 1.25 bits per heavy atom. The summed E-state index contributed by atoms with van der Waals surface area (Å²) >= 11 is 5.86. The van der Waals surface area contributed by atoms with Crippen molar-refractivity contribution in [1.29, 1.82) is 0 Å². The van der Waals surface area contributed by atoms with Crippen molar-refractivity contribution in [3.63, 3.8) is 0 Å². The molecule has 0 bridgehead atoms. The van der Waals surface area contributed by atoms with Gasteiger partial charge < -0.3 is 10.6 Å². The number of aromatic nitrogens is 4. The van der Waals surface area contributed by atoms with E-state index in [0.717, 1.165) is 44.1 Å². The fraction of sp³-hybridized carbons (Fsp3) is 0.500. The molecule has 7 nitrogen and oxygen atoms in total. The number of rotatable bonds is 4. The Morgan fingerprint density at radius 3 is 2.79 bits per heavy atom. The molecule has 3 heterocycles. The van der Waals surface area contributed by atoms with E-state index >= 15 is 0 Å². The lowest BCUT2D eigenvalue weighted by Crippen LogP contribution is -2.33. The molecule has 0 aromatic carbocycles. The molecule has 0 aliphatic carbocycles. The summed E-state index contributed by atoms with van der Waals surface area (Å²) in [7, 11) is 2.12. The van der Waals surface area contributed by atoms with Crippen LogP contribution in [0.2, 0.25) is 5.02 Å². The van der Waals surface area contributed by atoms with Gasteiger partial charge in [0.25, 0.3) is 0 Å². The highest BCUT2D eigenvalue weighted by Gasteiger charge is 2.22. The van der Waals surface area contributed by atoms with Crippen LogP contribution in [0, 0.1) is 0 Å². The number of nitrogens with two attached hydrogens (primary N) is 1. The summed E-state index contributed by atoms with van der Waals surface area (Å²) in [6.07, 6.45) is 8.27. The first-order valence-electron chi connectivity index (χ1n) is 8.12. The highest BCUT2D eigenvalue weighted by atomic mass is 35.5. The summed E-state index contributed by atoms with van der Waals surface area (Å²) in [5.74, 6) is 2.03. The molecule has 3 rings (SSSR count). The molecule has 0 radical (unpaired) electrons. The first kappa shape index (κ1) is 16.9. The zero-order chi connectivity index (χ0) is 16.9. The standard InChI is InChI=1S/C16H22ClN7/c1-23(11-15-19-6-4-14(18)22-15)13-3-2-7-24(8-5-13)16-20-9-12(17)10-21-16/h4,6,9-10,13H,2-3,5,7-8,11H2,1H3,(H2,18,19,22)/t13-/m0/s1. The van der Waals surface area contributed by atoms with Gasteiger partial charge in [-0.25, -0.2) is 19.9 Å². The van der Waals surface area contributed by atoms with Crippen molar-refractivity contribution >= 4 is 23.4 Å². The summed E-state index contributed by atoms with van der Waals surface area (Å²) in [4.78, 5) is 21.8. The van der Waals surface area contributed by atoms with Gasteiger partial charge in [-0.1, -0.05) is 11.6 Å². The van der Waals surface area contributed by atoms with Gasteiger partial charge in [0.2, 0.25) is 5.95 Å². The smallest absolute Gasteiger partial charge is 0.225 e. The Balaban J connectivity index is 1.59. The van der Waals surface area contributed by atoms with Crippen molar-refractivity contribution in [2.24, 2.45) is 0 Å². The normalized spacial score (nSPS) is 18.6. The van der Waals surface area contributed by atoms with Crippen LogP contribution in [0.15, 0.2) is 24.7 Å². The van der Waals surface area contributed by atoms with E-state index in [-0.39, 0.29) is 0 Å². The quantitative estimate of drug-likeness (QED) is 0.905. The van der Waals surface area contributed by atoms with Crippen molar-refractivity contribution in [3.8, 4) is 0 Å². The molecule has 1 atom stereocenters. The largest absolute Gasteiger partial charge is 0.384 e. The van der Waals surface area contributed by atoms with E-state index in [1.54, 1.807) is 24.7 Å². The van der Waals surface area contributed by atoms with Crippen molar-refractivity contribution in [2.75, 3.05) is 30.8 Å². The van der Waals surface area contributed by atoms with Crippen LogP contribution in [0.25, 0.3) is 0 Å². The van der Waals surface area contributed by atoms with Gasteiger partial charge in [-0.3, -0.25) is 4.90 Å². The molecule has 0 amide bonds. The number of anilines is 2. The molecule has 24 heavy (non-hydrogen) atoms. The number of hydrogen-bond donors (Lipinski definition) is 1. The van der Waals surface area contributed by atoms with E-state index in [2.05, 4.69) is 36.8 Å². The third kappa shape index (κ3) is 4.30. The maximum atomic E-state index is 5.86. The van der Waals surface area contributed by atoms with Gasteiger partial charge in [0.1, 0.15) is 11.6 Å². The Hall–Kier alpha value is -1.99. The molecule has 2 aromatic heterocycles. The van der Waals surface area contributed by atoms with Crippen molar-refractivity contribution < 1.29 is 0 Å². The van der Waals surface area contributed by atoms with E-state index in [9.17, 15) is 0 Å². The monoisotopic (exact) mass is 347 g/mol. The number of nitrogens with zero attached hydrogens (tertiary/aromatic N) is 6. The first-order valence-corrected chi connectivity index (χ1v) is 8.50. The minimum atomic E-state index is 0.479. The second-order valence-corrected chi connectivity index (χ2v) is 6.52. The van der Waals surface area contributed by atoms with Gasteiger partial charge in [-0.05, 0) is 32.4 Å². The van der Waals surface area contributed by atoms with Crippen molar-refractivity contribution in [2.45, 2.75) is 31.8 Å². The maximum Gasteiger partial charge on any atom is 0.225 e. The predicted molar refractivity (Wildman–Crippen MR) is 94.8 cm³/mol. The average Bonchev–Trinajstić information content (AvgIpc) is 2.82. The summed E-state index contributed by atoms with van der Waals surface area (Å²) in [6.45, 7) is 2.59. The minimum Gasteiger partial charge on any atom is -0.384 e. The highest BCUT2D eigenvalue weighted by molar-refractivity contribution is 6.30. The molecule has 0 unspecified atom stereocenters. The lowest BCUT2D eigenvalue weighted by molar-refractivity contribution is 0.212. The van der Waals surface area contributed by atoms with E-state index in [0.29, 0.717) is 23.4 Å². The van der Waals surface area contributed by atoms with Crippen LogP contribution in [0.3, 0.4) is 0 Å². The second-order valence-electron chi connectivity index (χ2n) is 6.09. The van der Waals surface area contributed by atoms with E-state index in [1.165, 1.54) is 0 Å². The van der Waals surface area contributed by atoms with Crippen LogP contribution in [-0.2, 0) is 6.54 Å². The van der Waals surface area contributed by atoms with Crippen LogP contribution < -0.4 is 10.6 Å². The molecule has 128 valence electrons. The zero-order valence-electron chi connectivity index (χ0n) is 13.8. The van der Waals surface area contributed by atoms with Crippen LogP contribution in [-0.4, -0.2) is 51.0 Å². The van der Waals surface area contributed by atoms with E-state index in [1.807, 2.05) is 0 Å². The van der Waals surface area contributed by atoms with Gasteiger partial charge in [-0.2, -0.15) is 0 Å². The number of hydrogen-bond acceptors (Lipinski definition) is 7. The maximum absolute atomic E-state index is 5.86. The van der Waals surface area contributed by atoms with Crippen molar-refractivity contribution in [3.05, 3.63) is 35.5 Å². The average molecular weight is 348 g/mol. The molecule has 1 aliphatic rings.